The summed E-state index contributed by atoms with van der Waals surface area (Å²) in [5.41, 5.74) is 1.14. The smallest absolute Gasteiger partial charge is 0.242 e. The molecule has 2 aromatic carbocycles. The summed E-state index contributed by atoms with van der Waals surface area (Å²) in [4.78, 5) is 27.3. The molecule has 0 fully saturated rings. The van der Waals surface area contributed by atoms with Gasteiger partial charge in [0.25, 0.3) is 0 Å². The molecule has 1 heterocycles. The number of hydrogen-bond donors (Lipinski definition) is 1. The fraction of sp³-hybridized carbons (Fsp3) is 0.417. The molecule has 9 nitrogen and oxygen atoms in total. The van der Waals surface area contributed by atoms with Crippen LogP contribution in [0.5, 0.6) is 11.5 Å². The minimum absolute atomic E-state index is 0.0331. The van der Waals surface area contributed by atoms with Gasteiger partial charge in [-0.15, -0.1) is 0 Å². The summed E-state index contributed by atoms with van der Waals surface area (Å²) in [6.07, 6.45) is 1.78. The molecule has 0 unspecified atom stereocenters. The maximum Gasteiger partial charge on any atom is 0.242 e. The van der Waals surface area contributed by atoms with Gasteiger partial charge in [0.15, 0.2) is 11.5 Å². The third-order valence-corrected chi connectivity index (χ3v) is 7.70. The van der Waals surface area contributed by atoms with Crippen LogP contribution in [-0.2, 0) is 26.2 Å². The number of hydrogen-bond acceptors (Lipinski definition) is 6. The van der Waals surface area contributed by atoms with E-state index in [0.29, 0.717) is 33.7 Å². The van der Waals surface area contributed by atoms with Crippen molar-refractivity contribution in [3.63, 3.8) is 0 Å². The Balaban J connectivity index is 1.76. The van der Waals surface area contributed by atoms with Crippen LogP contribution in [0.25, 0.3) is 0 Å². The minimum atomic E-state index is -3.63. The number of halogens is 2. The fourth-order valence-electron chi connectivity index (χ4n) is 3.97. The predicted octanol–water partition coefficient (Wildman–Crippen LogP) is 3.82. The van der Waals surface area contributed by atoms with Crippen molar-refractivity contribution in [2.45, 2.75) is 38.8 Å². The summed E-state index contributed by atoms with van der Waals surface area (Å²) >= 11 is 12.2. The number of carbonyl (C=O) groups excluding carboxylic acids is 2. The molecule has 1 aliphatic rings. The van der Waals surface area contributed by atoms with E-state index >= 15 is 0 Å². The van der Waals surface area contributed by atoms with E-state index in [9.17, 15) is 18.0 Å². The van der Waals surface area contributed by atoms with Gasteiger partial charge < -0.3 is 19.7 Å². The molecule has 0 aromatic heterocycles. The van der Waals surface area contributed by atoms with Crippen LogP contribution in [-0.4, -0.2) is 57.8 Å². The SMILES string of the molecule is CC[C@@H](C(=O)NC)N(Cc1ccc(Cl)c(Cl)c1)C(=O)CCCN(c1ccc2c(c1)OCO2)S(C)(=O)=O. The molecule has 1 atom stereocenters. The normalized spacial score (nSPS) is 13.2. The summed E-state index contributed by atoms with van der Waals surface area (Å²) in [6, 6.07) is 9.22. The zero-order valence-electron chi connectivity index (χ0n) is 20.3. The lowest BCUT2D eigenvalue weighted by molar-refractivity contribution is -0.141. The van der Waals surface area contributed by atoms with E-state index in [1.165, 1.54) is 16.3 Å². The second kappa shape index (κ2) is 12.0. The number of anilines is 1. The van der Waals surface area contributed by atoms with Crippen LogP contribution in [0.3, 0.4) is 0 Å². The Morgan fingerprint density at radius 2 is 1.81 bits per heavy atom. The van der Waals surface area contributed by atoms with Gasteiger partial charge >= 0.3 is 0 Å². The van der Waals surface area contributed by atoms with E-state index in [0.717, 1.165) is 11.8 Å². The van der Waals surface area contributed by atoms with Crippen molar-refractivity contribution in [3.05, 3.63) is 52.0 Å². The van der Waals surface area contributed by atoms with Gasteiger partial charge in [-0.05, 0) is 42.7 Å². The maximum atomic E-state index is 13.3. The van der Waals surface area contributed by atoms with Crippen LogP contribution < -0.4 is 19.1 Å². The largest absolute Gasteiger partial charge is 0.454 e. The van der Waals surface area contributed by atoms with Gasteiger partial charge in [0, 0.05) is 32.6 Å². The van der Waals surface area contributed by atoms with Gasteiger partial charge in [-0.3, -0.25) is 13.9 Å². The molecule has 0 spiro atoms. The van der Waals surface area contributed by atoms with Gasteiger partial charge in [-0.1, -0.05) is 36.2 Å². The lowest BCUT2D eigenvalue weighted by atomic mass is 10.1. The fourth-order valence-corrected chi connectivity index (χ4v) is 5.24. The minimum Gasteiger partial charge on any atom is -0.454 e. The summed E-state index contributed by atoms with van der Waals surface area (Å²) in [5, 5.41) is 3.34. The molecule has 1 N–H and O–H groups in total. The molecule has 0 saturated carbocycles. The highest BCUT2D eigenvalue weighted by Crippen LogP contribution is 2.36. The van der Waals surface area contributed by atoms with Crippen molar-refractivity contribution in [3.8, 4) is 11.5 Å². The van der Waals surface area contributed by atoms with Crippen molar-refractivity contribution in [2.24, 2.45) is 0 Å². The Morgan fingerprint density at radius 3 is 2.44 bits per heavy atom. The van der Waals surface area contributed by atoms with E-state index in [1.807, 2.05) is 6.92 Å². The molecule has 12 heteroatoms. The van der Waals surface area contributed by atoms with Crippen LogP contribution in [0.2, 0.25) is 10.0 Å². The quantitative estimate of drug-likeness (QED) is 0.450. The van der Waals surface area contributed by atoms with Gasteiger partial charge in [-0.2, -0.15) is 0 Å². The van der Waals surface area contributed by atoms with E-state index in [-0.39, 0.29) is 44.5 Å². The van der Waals surface area contributed by atoms with Crippen molar-refractivity contribution in [2.75, 3.05) is 30.9 Å². The second-order valence-electron chi connectivity index (χ2n) is 8.28. The van der Waals surface area contributed by atoms with Crippen LogP contribution in [0.15, 0.2) is 36.4 Å². The second-order valence-corrected chi connectivity index (χ2v) is 11.0. The highest BCUT2D eigenvalue weighted by Gasteiger charge is 2.28. The number of sulfonamides is 1. The molecule has 0 saturated heterocycles. The standard InChI is InChI=1S/C24H29Cl2N3O6S/c1-4-20(24(31)27-2)28(14-16-7-9-18(25)19(26)12-16)23(30)6-5-11-29(36(3,32)33)17-8-10-21-22(13-17)35-15-34-21/h7-10,12-13,20H,4-6,11,14-15H2,1-3H3,(H,27,31)/t20-/m0/s1. The molecule has 0 radical (unpaired) electrons. The first-order valence-corrected chi connectivity index (χ1v) is 14.0. The average molecular weight is 558 g/mol. The van der Waals surface area contributed by atoms with E-state index in [1.54, 1.807) is 36.4 Å². The molecular formula is C24H29Cl2N3O6S. The third-order valence-electron chi connectivity index (χ3n) is 5.77. The van der Waals surface area contributed by atoms with E-state index in [4.69, 9.17) is 32.7 Å². The third kappa shape index (κ3) is 6.74. The molecule has 1 aliphatic heterocycles. The van der Waals surface area contributed by atoms with Crippen LogP contribution >= 0.6 is 23.2 Å². The van der Waals surface area contributed by atoms with Gasteiger partial charge in [0.1, 0.15) is 6.04 Å². The van der Waals surface area contributed by atoms with Gasteiger partial charge in [0.2, 0.25) is 28.6 Å². The average Bonchev–Trinajstić information content (AvgIpc) is 3.30. The van der Waals surface area contributed by atoms with Crippen LogP contribution in [0, 0.1) is 0 Å². The van der Waals surface area contributed by atoms with E-state index < -0.39 is 16.1 Å². The molecule has 196 valence electrons. The lowest BCUT2D eigenvalue weighted by Crippen LogP contribution is -2.48. The van der Waals surface area contributed by atoms with Gasteiger partial charge in [0.05, 0.1) is 22.0 Å². The molecule has 2 aromatic rings. The number of ether oxygens (including phenoxy) is 2. The zero-order valence-corrected chi connectivity index (χ0v) is 22.6. The maximum absolute atomic E-state index is 13.3. The Labute approximate surface area is 221 Å². The van der Waals surface area contributed by atoms with Crippen molar-refractivity contribution >= 4 is 50.7 Å². The lowest BCUT2D eigenvalue weighted by Gasteiger charge is -2.31. The molecule has 3 rings (SSSR count). The summed E-state index contributed by atoms with van der Waals surface area (Å²) < 4.78 is 36.9. The van der Waals surface area contributed by atoms with Gasteiger partial charge in [-0.25, -0.2) is 8.42 Å². The predicted molar refractivity (Wildman–Crippen MR) is 139 cm³/mol. The summed E-state index contributed by atoms with van der Waals surface area (Å²) in [7, 11) is -2.11. The number of amides is 2. The topological polar surface area (TPSA) is 105 Å². The van der Waals surface area contributed by atoms with Crippen LogP contribution in [0.4, 0.5) is 5.69 Å². The number of carbonyl (C=O) groups is 2. The molecule has 36 heavy (non-hydrogen) atoms. The molecular weight excluding hydrogens is 529 g/mol. The summed E-state index contributed by atoms with van der Waals surface area (Å²) in [5.74, 6) is 0.432. The highest BCUT2D eigenvalue weighted by molar-refractivity contribution is 7.92. The number of rotatable bonds is 11. The number of benzene rings is 2. The van der Waals surface area contributed by atoms with Crippen molar-refractivity contribution in [1.82, 2.24) is 10.2 Å². The Morgan fingerprint density at radius 1 is 1.08 bits per heavy atom. The first-order valence-electron chi connectivity index (χ1n) is 11.4. The summed E-state index contributed by atoms with van der Waals surface area (Å²) in [6.45, 7) is 2.12. The van der Waals surface area contributed by atoms with Crippen molar-refractivity contribution < 1.29 is 27.5 Å². The molecule has 0 aliphatic carbocycles. The number of nitrogens with zero attached hydrogens (tertiary/aromatic N) is 2. The van der Waals surface area contributed by atoms with E-state index in [2.05, 4.69) is 5.32 Å². The van der Waals surface area contributed by atoms with Crippen LogP contribution in [0.1, 0.15) is 31.7 Å². The Hall–Kier alpha value is -2.69. The number of fused-ring (bicyclic) bond motifs is 1. The first-order chi connectivity index (χ1) is 17.0. The highest BCUT2D eigenvalue weighted by atomic mass is 35.5. The number of nitrogens with one attached hydrogen (secondary N) is 1. The monoisotopic (exact) mass is 557 g/mol. The van der Waals surface area contributed by atoms with Crippen molar-refractivity contribution in [1.29, 1.82) is 0 Å². The Bertz CT molecular complexity index is 1220. The first kappa shape index (κ1) is 27.9. The molecule has 0 bridgehead atoms. The molecule has 2 amide bonds. The Kier molecular flexibility index (Phi) is 9.32. The zero-order chi connectivity index (χ0) is 26.5. The number of likely N-dealkylation sites (N-methyl/N-ethyl adjacent to an activating group) is 1.